The molecule has 0 saturated carbocycles. The molecule has 1 aliphatic rings. The molecule has 1 unspecified atom stereocenters. The summed E-state index contributed by atoms with van der Waals surface area (Å²) in [4.78, 5) is 0. The van der Waals surface area contributed by atoms with Gasteiger partial charge in [0.2, 0.25) is 0 Å². The minimum absolute atomic E-state index is 0.676. The lowest BCUT2D eigenvalue weighted by atomic mass is 10.1. The van der Waals surface area contributed by atoms with Crippen LogP contribution in [0.5, 0.6) is 0 Å². The molecular weight excluding hydrogens is 226 g/mol. The van der Waals surface area contributed by atoms with Gasteiger partial charge in [-0.15, -0.1) is 0 Å². The van der Waals surface area contributed by atoms with E-state index in [0.717, 1.165) is 0 Å². The van der Waals surface area contributed by atoms with E-state index in [9.17, 15) is 0 Å². The van der Waals surface area contributed by atoms with Crippen LogP contribution in [0.2, 0.25) is 0 Å². The van der Waals surface area contributed by atoms with Gasteiger partial charge in [0.15, 0.2) is 0 Å². The second kappa shape index (κ2) is 6.95. The third-order valence-electron chi connectivity index (χ3n) is 3.30. The van der Waals surface area contributed by atoms with Crippen LogP contribution < -0.4 is 5.32 Å². The van der Waals surface area contributed by atoms with Crippen molar-refractivity contribution in [2.75, 3.05) is 16.8 Å². The minimum atomic E-state index is 0.676. The SMILES string of the molecule is CCCCc1ccc(NC2CCCSC2)cc1. The molecule has 1 saturated heterocycles. The van der Waals surface area contributed by atoms with E-state index < -0.39 is 0 Å². The second-order valence-electron chi connectivity index (χ2n) is 4.86. The maximum Gasteiger partial charge on any atom is 0.0352 e. The standard InChI is InChI=1S/C15H23NS/c1-2-3-5-13-7-9-14(10-8-13)16-15-6-4-11-17-12-15/h7-10,15-16H,2-6,11-12H2,1H3. The maximum atomic E-state index is 3.64. The molecule has 94 valence electrons. The number of hydrogen-bond donors (Lipinski definition) is 1. The van der Waals surface area contributed by atoms with Crippen LogP contribution in [0, 0.1) is 0 Å². The summed E-state index contributed by atoms with van der Waals surface area (Å²) in [5.74, 6) is 2.60. The summed E-state index contributed by atoms with van der Waals surface area (Å²) in [6, 6.07) is 9.70. The van der Waals surface area contributed by atoms with Gasteiger partial charge in [-0.05, 0) is 49.1 Å². The highest BCUT2D eigenvalue weighted by Gasteiger charge is 2.12. The highest BCUT2D eigenvalue weighted by atomic mass is 32.2. The molecule has 1 fully saturated rings. The van der Waals surface area contributed by atoms with Gasteiger partial charge in [0, 0.05) is 17.5 Å². The van der Waals surface area contributed by atoms with Gasteiger partial charge in [-0.25, -0.2) is 0 Å². The first kappa shape index (κ1) is 12.8. The molecule has 1 atom stereocenters. The Hall–Kier alpha value is -0.630. The summed E-state index contributed by atoms with van der Waals surface area (Å²) < 4.78 is 0. The molecule has 0 radical (unpaired) electrons. The predicted octanol–water partition coefficient (Wildman–Crippen LogP) is 4.34. The van der Waals surface area contributed by atoms with Crippen molar-refractivity contribution in [3.05, 3.63) is 29.8 Å². The molecule has 1 N–H and O–H groups in total. The smallest absolute Gasteiger partial charge is 0.0352 e. The lowest BCUT2D eigenvalue weighted by Crippen LogP contribution is -2.25. The van der Waals surface area contributed by atoms with Gasteiger partial charge in [0.05, 0.1) is 0 Å². The highest BCUT2D eigenvalue weighted by molar-refractivity contribution is 7.99. The Balaban J connectivity index is 1.84. The molecule has 17 heavy (non-hydrogen) atoms. The third-order valence-corrected chi connectivity index (χ3v) is 4.52. The zero-order chi connectivity index (χ0) is 11.9. The van der Waals surface area contributed by atoms with E-state index in [2.05, 4.69) is 48.3 Å². The van der Waals surface area contributed by atoms with Gasteiger partial charge in [-0.2, -0.15) is 11.8 Å². The Kier molecular flexibility index (Phi) is 5.24. The average Bonchev–Trinajstić information content (AvgIpc) is 2.39. The topological polar surface area (TPSA) is 12.0 Å². The number of hydrogen-bond acceptors (Lipinski definition) is 2. The fraction of sp³-hybridized carbons (Fsp3) is 0.600. The first-order valence-electron chi connectivity index (χ1n) is 6.81. The molecule has 2 rings (SSSR count). The molecule has 0 spiro atoms. The van der Waals surface area contributed by atoms with E-state index in [1.54, 1.807) is 0 Å². The number of benzene rings is 1. The molecule has 0 aliphatic carbocycles. The first-order chi connectivity index (χ1) is 8.38. The third kappa shape index (κ3) is 4.27. The van der Waals surface area contributed by atoms with Gasteiger partial charge >= 0.3 is 0 Å². The fourth-order valence-corrected chi connectivity index (χ4v) is 3.31. The van der Waals surface area contributed by atoms with E-state index in [1.807, 2.05) is 0 Å². The van der Waals surface area contributed by atoms with Crippen LogP contribution >= 0.6 is 11.8 Å². The van der Waals surface area contributed by atoms with Gasteiger partial charge in [0.25, 0.3) is 0 Å². The quantitative estimate of drug-likeness (QED) is 0.833. The number of unbranched alkanes of at least 4 members (excludes halogenated alkanes) is 1. The number of rotatable bonds is 5. The van der Waals surface area contributed by atoms with Crippen molar-refractivity contribution in [1.82, 2.24) is 0 Å². The molecule has 0 amide bonds. The number of nitrogens with one attached hydrogen (secondary N) is 1. The monoisotopic (exact) mass is 249 g/mol. The van der Waals surface area contributed by atoms with Crippen LogP contribution in [0.1, 0.15) is 38.2 Å². The number of anilines is 1. The highest BCUT2D eigenvalue weighted by Crippen LogP contribution is 2.21. The molecule has 0 aromatic heterocycles. The molecule has 0 bridgehead atoms. The molecule has 1 aromatic carbocycles. The maximum absolute atomic E-state index is 3.64. The van der Waals surface area contributed by atoms with Gasteiger partial charge < -0.3 is 5.32 Å². The zero-order valence-corrected chi connectivity index (χ0v) is 11.6. The Bertz CT molecular complexity index is 314. The van der Waals surface area contributed by atoms with Gasteiger partial charge in [-0.1, -0.05) is 25.5 Å². The number of aryl methyl sites for hydroxylation is 1. The van der Waals surface area contributed by atoms with Crippen molar-refractivity contribution in [2.24, 2.45) is 0 Å². The summed E-state index contributed by atoms with van der Waals surface area (Å²) in [6.45, 7) is 2.25. The van der Waals surface area contributed by atoms with Crippen molar-refractivity contribution < 1.29 is 0 Å². The van der Waals surface area contributed by atoms with E-state index in [0.29, 0.717) is 6.04 Å². The minimum Gasteiger partial charge on any atom is -0.381 e. The van der Waals surface area contributed by atoms with E-state index in [4.69, 9.17) is 0 Å². The van der Waals surface area contributed by atoms with Crippen LogP contribution in [0.25, 0.3) is 0 Å². The van der Waals surface area contributed by atoms with Gasteiger partial charge in [-0.3, -0.25) is 0 Å². The van der Waals surface area contributed by atoms with Gasteiger partial charge in [0.1, 0.15) is 0 Å². The lowest BCUT2D eigenvalue weighted by molar-refractivity contribution is 0.685. The summed E-state index contributed by atoms with van der Waals surface area (Å²) in [5.41, 5.74) is 2.76. The molecule has 2 heteroatoms. The Labute approximate surface area is 109 Å². The van der Waals surface area contributed by atoms with E-state index in [-0.39, 0.29) is 0 Å². The van der Waals surface area contributed by atoms with E-state index >= 15 is 0 Å². The normalized spacial score (nSPS) is 20.2. The van der Waals surface area contributed by atoms with Crippen molar-refractivity contribution >= 4 is 17.4 Å². The molecule has 1 heterocycles. The lowest BCUT2D eigenvalue weighted by Gasteiger charge is -2.23. The Morgan fingerprint density at radius 3 is 2.76 bits per heavy atom. The Morgan fingerprint density at radius 2 is 2.12 bits per heavy atom. The van der Waals surface area contributed by atoms with E-state index in [1.165, 1.54) is 54.9 Å². The predicted molar refractivity (Wildman–Crippen MR) is 79.0 cm³/mol. The first-order valence-corrected chi connectivity index (χ1v) is 7.97. The van der Waals surface area contributed by atoms with Crippen LogP contribution in [0.4, 0.5) is 5.69 Å². The summed E-state index contributed by atoms with van der Waals surface area (Å²) in [7, 11) is 0. The van der Waals surface area contributed by atoms with Crippen molar-refractivity contribution in [2.45, 2.75) is 45.1 Å². The molecule has 1 aliphatic heterocycles. The second-order valence-corrected chi connectivity index (χ2v) is 6.01. The van der Waals surface area contributed by atoms with Crippen LogP contribution in [0.15, 0.2) is 24.3 Å². The fourth-order valence-electron chi connectivity index (χ4n) is 2.24. The summed E-state index contributed by atoms with van der Waals surface area (Å²) >= 11 is 2.07. The van der Waals surface area contributed by atoms with Crippen molar-refractivity contribution in [1.29, 1.82) is 0 Å². The average molecular weight is 249 g/mol. The zero-order valence-electron chi connectivity index (χ0n) is 10.7. The number of thioether (sulfide) groups is 1. The molecule has 1 nitrogen and oxygen atoms in total. The summed E-state index contributed by atoms with van der Waals surface area (Å²) in [6.07, 6.45) is 6.48. The van der Waals surface area contributed by atoms with Crippen molar-refractivity contribution in [3.8, 4) is 0 Å². The van der Waals surface area contributed by atoms with Crippen LogP contribution in [-0.2, 0) is 6.42 Å². The molecule has 1 aromatic rings. The summed E-state index contributed by atoms with van der Waals surface area (Å²) in [5, 5.41) is 3.64. The Morgan fingerprint density at radius 1 is 1.29 bits per heavy atom. The molecular formula is C15H23NS. The van der Waals surface area contributed by atoms with Crippen LogP contribution in [-0.4, -0.2) is 17.5 Å². The van der Waals surface area contributed by atoms with Crippen molar-refractivity contribution in [3.63, 3.8) is 0 Å². The van der Waals surface area contributed by atoms with Crippen LogP contribution in [0.3, 0.4) is 0 Å². The largest absolute Gasteiger partial charge is 0.381 e.